The Bertz CT molecular complexity index is 660. The monoisotopic (exact) mass is 379 g/mol. The van der Waals surface area contributed by atoms with Crippen molar-refractivity contribution in [2.45, 2.75) is 38.5 Å². The molecule has 0 aromatic heterocycles. The Labute approximate surface area is 158 Å². The van der Waals surface area contributed by atoms with E-state index in [9.17, 15) is 18.4 Å². The minimum absolute atomic E-state index is 0.00532. The molecule has 1 aromatic carbocycles. The predicted molar refractivity (Wildman–Crippen MR) is 99.7 cm³/mol. The summed E-state index contributed by atoms with van der Waals surface area (Å²) in [5.41, 5.74) is 1.91. The molecule has 0 atom stereocenters. The SMILES string of the molecule is Cc1ccc(NC(=O)CN2CCC(C(=O)N3CCC(F)(F)CC3)CC2)cc1. The minimum Gasteiger partial charge on any atom is -0.342 e. The first-order valence-electron chi connectivity index (χ1n) is 9.58. The molecule has 0 spiro atoms. The maximum Gasteiger partial charge on any atom is 0.251 e. The number of carbonyl (C=O) groups is 2. The number of hydrogen-bond acceptors (Lipinski definition) is 3. The van der Waals surface area contributed by atoms with Crippen molar-refractivity contribution in [2.75, 3.05) is 38.0 Å². The van der Waals surface area contributed by atoms with Gasteiger partial charge >= 0.3 is 0 Å². The number of piperidine rings is 2. The molecule has 0 saturated carbocycles. The highest BCUT2D eigenvalue weighted by molar-refractivity contribution is 5.92. The lowest BCUT2D eigenvalue weighted by Gasteiger charge is -2.37. The maximum absolute atomic E-state index is 13.2. The molecule has 1 N–H and O–H groups in total. The van der Waals surface area contributed by atoms with Gasteiger partial charge in [0.05, 0.1) is 6.54 Å². The van der Waals surface area contributed by atoms with Gasteiger partial charge in [0.15, 0.2) is 0 Å². The quantitative estimate of drug-likeness (QED) is 0.875. The first-order valence-corrected chi connectivity index (χ1v) is 9.58. The average molecular weight is 379 g/mol. The third-order valence-corrected chi connectivity index (χ3v) is 5.45. The minimum atomic E-state index is -2.63. The number of nitrogens with zero attached hydrogens (tertiary/aromatic N) is 2. The summed E-state index contributed by atoms with van der Waals surface area (Å²) in [6.07, 6.45) is 0.862. The van der Waals surface area contributed by atoms with Crippen LogP contribution < -0.4 is 5.32 Å². The van der Waals surface area contributed by atoms with Crippen molar-refractivity contribution >= 4 is 17.5 Å². The Balaban J connectivity index is 1.41. The van der Waals surface area contributed by atoms with Crippen LogP contribution in [0.3, 0.4) is 0 Å². The molecule has 1 aromatic rings. The van der Waals surface area contributed by atoms with Crippen LogP contribution in [-0.2, 0) is 9.59 Å². The molecule has 2 amide bonds. The van der Waals surface area contributed by atoms with Gasteiger partial charge in [0.25, 0.3) is 5.92 Å². The van der Waals surface area contributed by atoms with Crippen LogP contribution in [0.5, 0.6) is 0 Å². The lowest BCUT2D eigenvalue weighted by molar-refractivity contribution is -0.143. The van der Waals surface area contributed by atoms with Crippen LogP contribution in [-0.4, -0.2) is 60.3 Å². The first-order chi connectivity index (χ1) is 12.8. The van der Waals surface area contributed by atoms with Gasteiger partial charge in [0.1, 0.15) is 0 Å². The standard InChI is InChI=1S/C20H27F2N3O2/c1-15-2-4-17(5-3-15)23-18(26)14-24-10-6-16(7-11-24)19(27)25-12-8-20(21,22)9-13-25/h2-5,16H,6-14H2,1H3,(H,23,26). The molecule has 0 aliphatic carbocycles. The zero-order chi connectivity index (χ0) is 19.4. The Morgan fingerprint density at radius 3 is 2.26 bits per heavy atom. The maximum atomic E-state index is 13.2. The smallest absolute Gasteiger partial charge is 0.251 e. The summed E-state index contributed by atoms with van der Waals surface area (Å²) >= 11 is 0. The Kier molecular flexibility index (Phi) is 6.09. The van der Waals surface area contributed by atoms with Crippen molar-refractivity contribution in [3.8, 4) is 0 Å². The normalized spacial score (nSPS) is 21.1. The van der Waals surface area contributed by atoms with Crippen molar-refractivity contribution < 1.29 is 18.4 Å². The van der Waals surface area contributed by atoms with E-state index in [2.05, 4.69) is 5.32 Å². The zero-order valence-corrected chi connectivity index (χ0v) is 15.7. The van der Waals surface area contributed by atoms with E-state index >= 15 is 0 Å². The van der Waals surface area contributed by atoms with Crippen LogP contribution in [0.15, 0.2) is 24.3 Å². The molecule has 2 aliphatic rings. The van der Waals surface area contributed by atoms with E-state index in [0.717, 1.165) is 11.3 Å². The molecule has 2 saturated heterocycles. The summed E-state index contributed by atoms with van der Waals surface area (Å²) in [6, 6.07) is 7.65. The summed E-state index contributed by atoms with van der Waals surface area (Å²) < 4.78 is 26.5. The Morgan fingerprint density at radius 2 is 1.67 bits per heavy atom. The fraction of sp³-hybridized carbons (Fsp3) is 0.600. The van der Waals surface area contributed by atoms with Gasteiger partial charge in [-0.25, -0.2) is 8.78 Å². The summed E-state index contributed by atoms with van der Waals surface area (Å²) in [7, 11) is 0. The molecule has 2 fully saturated rings. The second-order valence-corrected chi connectivity index (χ2v) is 7.65. The number of rotatable bonds is 4. The van der Waals surface area contributed by atoms with E-state index < -0.39 is 5.92 Å². The lowest BCUT2D eigenvalue weighted by atomic mass is 9.94. The van der Waals surface area contributed by atoms with Gasteiger partial charge in [-0.1, -0.05) is 17.7 Å². The zero-order valence-electron chi connectivity index (χ0n) is 15.7. The Hall–Kier alpha value is -2.02. The van der Waals surface area contributed by atoms with Crippen LogP contribution in [0.1, 0.15) is 31.2 Å². The molecule has 0 radical (unpaired) electrons. The summed E-state index contributed by atoms with van der Waals surface area (Å²) in [4.78, 5) is 28.4. The number of likely N-dealkylation sites (tertiary alicyclic amines) is 2. The molecule has 5 nitrogen and oxygen atoms in total. The molecule has 2 aliphatic heterocycles. The highest BCUT2D eigenvalue weighted by atomic mass is 19.3. The molecular formula is C20H27F2N3O2. The third-order valence-electron chi connectivity index (χ3n) is 5.45. The number of benzene rings is 1. The number of anilines is 1. The number of aryl methyl sites for hydroxylation is 1. The van der Waals surface area contributed by atoms with Crippen LogP contribution in [0.2, 0.25) is 0 Å². The molecular weight excluding hydrogens is 352 g/mol. The van der Waals surface area contributed by atoms with Crippen molar-refractivity contribution in [1.29, 1.82) is 0 Å². The van der Waals surface area contributed by atoms with Crippen LogP contribution in [0.25, 0.3) is 0 Å². The van der Waals surface area contributed by atoms with E-state index in [1.807, 2.05) is 36.1 Å². The molecule has 27 heavy (non-hydrogen) atoms. The Morgan fingerprint density at radius 1 is 1.07 bits per heavy atom. The lowest BCUT2D eigenvalue weighted by Crippen LogP contribution is -2.48. The van der Waals surface area contributed by atoms with Gasteiger partial charge in [-0.05, 0) is 45.0 Å². The van der Waals surface area contributed by atoms with E-state index in [-0.39, 0.29) is 43.7 Å². The van der Waals surface area contributed by atoms with Crippen LogP contribution in [0.4, 0.5) is 14.5 Å². The number of alkyl halides is 2. The molecule has 2 heterocycles. The second-order valence-electron chi connectivity index (χ2n) is 7.65. The number of nitrogens with one attached hydrogen (secondary N) is 1. The van der Waals surface area contributed by atoms with Crippen molar-refractivity contribution in [3.05, 3.63) is 29.8 Å². The van der Waals surface area contributed by atoms with E-state index in [1.165, 1.54) is 0 Å². The van der Waals surface area contributed by atoms with Gasteiger partial charge in [-0.15, -0.1) is 0 Å². The summed E-state index contributed by atoms with van der Waals surface area (Å²) in [6.45, 7) is 3.91. The van der Waals surface area contributed by atoms with Crippen LogP contribution >= 0.6 is 0 Å². The van der Waals surface area contributed by atoms with Crippen molar-refractivity contribution in [2.24, 2.45) is 5.92 Å². The number of hydrogen-bond donors (Lipinski definition) is 1. The van der Waals surface area contributed by atoms with Gasteiger partial charge in [0.2, 0.25) is 11.8 Å². The van der Waals surface area contributed by atoms with Gasteiger partial charge < -0.3 is 10.2 Å². The van der Waals surface area contributed by atoms with Gasteiger partial charge in [0, 0.05) is 37.5 Å². The number of carbonyl (C=O) groups excluding carboxylic acids is 2. The predicted octanol–water partition coefficient (Wildman–Crippen LogP) is 2.90. The number of amides is 2. The molecule has 3 rings (SSSR count). The average Bonchev–Trinajstić information content (AvgIpc) is 2.64. The molecule has 148 valence electrons. The van der Waals surface area contributed by atoms with Gasteiger partial charge in [-0.3, -0.25) is 14.5 Å². The molecule has 0 unspecified atom stereocenters. The fourth-order valence-electron chi connectivity index (χ4n) is 3.69. The topological polar surface area (TPSA) is 52.7 Å². The van der Waals surface area contributed by atoms with Gasteiger partial charge in [-0.2, -0.15) is 0 Å². The summed E-state index contributed by atoms with van der Waals surface area (Å²) in [5, 5.41) is 2.88. The highest BCUT2D eigenvalue weighted by Gasteiger charge is 2.37. The van der Waals surface area contributed by atoms with E-state index in [1.54, 1.807) is 4.90 Å². The van der Waals surface area contributed by atoms with E-state index in [4.69, 9.17) is 0 Å². The summed E-state index contributed by atoms with van der Waals surface area (Å²) in [5.74, 6) is -2.82. The van der Waals surface area contributed by atoms with Crippen molar-refractivity contribution in [3.63, 3.8) is 0 Å². The van der Waals surface area contributed by atoms with Crippen molar-refractivity contribution in [1.82, 2.24) is 9.80 Å². The second kappa shape index (κ2) is 8.33. The number of halogens is 2. The fourth-order valence-corrected chi connectivity index (χ4v) is 3.69. The first kappa shape index (κ1) is 19.7. The highest BCUT2D eigenvalue weighted by Crippen LogP contribution is 2.29. The molecule has 0 bridgehead atoms. The van der Waals surface area contributed by atoms with E-state index in [0.29, 0.717) is 32.5 Å². The molecule has 7 heteroatoms. The van der Waals surface area contributed by atoms with Crippen LogP contribution in [0, 0.1) is 12.8 Å². The largest absolute Gasteiger partial charge is 0.342 e. The third kappa shape index (κ3) is 5.48.